The number of methoxy groups -OCH3 is 1. The first-order valence-corrected chi connectivity index (χ1v) is 12.2. The van der Waals surface area contributed by atoms with Crippen LogP contribution in [0.4, 0.5) is 0 Å². The summed E-state index contributed by atoms with van der Waals surface area (Å²) in [5.41, 5.74) is 3.10. The van der Waals surface area contributed by atoms with E-state index < -0.39 is 0 Å². The molecule has 1 aromatic carbocycles. The zero-order valence-corrected chi connectivity index (χ0v) is 21.3. The van der Waals surface area contributed by atoms with Gasteiger partial charge in [0.2, 0.25) is 5.88 Å². The third kappa shape index (κ3) is 5.66. The SMILES string of the molecule is COc1ccccc1-c1cnc2c(c1)C(=O)N([C@@H](C)CO)C[C@H](C)[C@H](CN(C)Cc1cccnc1)O2. The summed E-state index contributed by atoms with van der Waals surface area (Å²) < 4.78 is 11.9. The zero-order valence-electron chi connectivity index (χ0n) is 21.3. The van der Waals surface area contributed by atoms with E-state index in [0.29, 0.717) is 30.3 Å². The van der Waals surface area contributed by atoms with Gasteiger partial charge in [0.15, 0.2) is 0 Å². The fraction of sp³-hybridized carbons (Fsp3) is 0.393. The van der Waals surface area contributed by atoms with Crippen molar-refractivity contribution in [3.05, 3.63) is 72.2 Å². The van der Waals surface area contributed by atoms with E-state index in [9.17, 15) is 9.90 Å². The summed E-state index contributed by atoms with van der Waals surface area (Å²) in [6, 6.07) is 13.1. The van der Waals surface area contributed by atoms with Crippen molar-refractivity contribution in [1.29, 1.82) is 0 Å². The van der Waals surface area contributed by atoms with E-state index in [1.807, 2.05) is 62.6 Å². The number of benzene rings is 1. The van der Waals surface area contributed by atoms with Gasteiger partial charge in [-0.25, -0.2) is 4.98 Å². The van der Waals surface area contributed by atoms with Crippen molar-refractivity contribution in [3.63, 3.8) is 0 Å². The Morgan fingerprint density at radius 1 is 1.22 bits per heavy atom. The summed E-state index contributed by atoms with van der Waals surface area (Å²) in [4.78, 5) is 26.4. The number of hydrogen-bond acceptors (Lipinski definition) is 7. The highest BCUT2D eigenvalue weighted by atomic mass is 16.5. The van der Waals surface area contributed by atoms with Crippen molar-refractivity contribution in [2.75, 3.05) is 33.9 Å². The molecule has 0 bridgehead atoms. The molecule has 0 saturated carbocycles. The molecule has 3 heterocycles. The van der Waals surface area contributed by atoms with Crippen LogP contribution in [0.15, 0.2) is 61.1 Å². The topological polar surface area (TPSA) is 88.0 Å². The van der Waals surface area contributed by atoms with Crippen molar-refractivity contribution >= 4 is 5.91 Å². The highest BCUT2D eigenvalue weighted by molar-refractivity contribution is 5.98. The van der Waals surface area contributed by atoms with Gasteiger partial charge in [0.05, 0.1) is 19.8 Å². The number of aliphatic hydroxyl groups is 1. The molecular formula is C28H34N4O4. The molecular weight excluding hydrogens is 456 g/mol. The van der Waals surface area contributed by atoms with Gasteiger partial charge in [0.1, 0.15) is 17.4 Å². The summed E-state index contributed by atoms with van der Waals surface area (Å²) in [7, 11) is 3.66. The number of rotatable bonds is 8. The molecule has 0 spiro atoms. The van der Waals surface area contributed by atoms with Gasteiger partial charge in [0.25, 0.3) is 5.91 Å². The first-order valence-electron chi connectivity index (χ1n) is 12.2. The number of nitrogens with zero attached hydrogens (tertiary/aromatic N) is 4. The maximum Gasteiger partial charge on any atom is 0.259 e. The fourth-order valence-electron chi connectivity index (χ4n) is 4.53. The van der Waals surface area contributed by atoms with E-state index in [0.717, 1.165) is 23.2 Å². The molecule has 3 atom stereocenters. The predicted octanol–water partition coefficient (Wildman–Crippen LogP) is 3.50. The second kappa shape index (κ2) is 11.5. The number of carbonyl (C=O) groups excluding carboxylic acids is 1. The molecule has 3 aromatic rings. The molecule has 190 valence electrons. The molecule has 0 aliphatic carbocycles. The summed E-state index contributed by atoms with van der Waals surface area (Å²) in [5, 5.41) is 9.91. The number of para-hydroxylation sites is 1. The van der Waals surface area contributed by atoms with Crippen molar-refractivity contribution in [2.24, 2.45) is 5.92 Å². The van der Waals surface area contributed by atoms with E-state index in [-0.39, 0.29) is 30.6 Å². The number of aromatic nitrogens is 2. The average molecular weight is 491 g/mol. The number of aliphatic hydroxyl groups excluding tert-OH is 1. The molecule has 2 aromatic heterocycles. The Balaban J connectivity index is 1.68. The Morgan fingerprint density at radius 2 is 2.03 bits per heavy atom. The van der Waals surface area contributed by atoms with Crippen LogP contribution in [0.5, 0.6) is 11.6 Å². The van der Waals surface area contributed by atoms with Crippen molar-refractivity contribution in [1.82, 2.24) is 19.8 Å². The number of carbonyl (C=O) groups is 1. The van der Waals surface area contributed by atoms with Crippen LogP contribution in [0, 0.1) is 5.92 Å². The summed E-state index contributed by atoms with van der Waals surface area (Å²) in [6.07, 6.45) is 5.13. The molecule has 0 radical (unpaired) electrons. The molecule has 4 rings (SSSR count). The van der Waals surface area contributed by atoms with Gasteiger partial charge < -0.3 is 19.5 Å². The van der Waals surface area contributed by atoms with E-state index >= 15 is 0 Å². The Bertz CT molecular complexity index is 1170. The van der Waals surface area contributed by atoms with Gasteiger partial charge in [-0.2, -0.15) is 0 Å². The van der Waals surface area contributed by atoms with Gasteiger partial charge in [-0.15, -0.1) is 0 Å². The van der Waals surface area contributed by atoms with Gasteiger partial charge in [0, 0.05) is 55.3 Å². The van der Waals surface area contributed by atoms with Crippen LogP contribution in [0.25, 0.3) is 11.1 Å². The maximum atomic E-state index is 13.7. The van der Waals surface area contributed by atoms with Crippen LogP contribution in [-0.2, 0) is 6.54 Å². The molecule has 1 aliphatic heterocycles. The molecule has 0 saturated heterocycles. The van der Waals surface area contributed by atoms with Gasteiger partial charge in [-0.1, -0.05) is 31.2 Å². The summed E-state index contributed by atoms with van der Waals surface area (Å²) in [5.74, 6) is 0.815. The molecule has 8 heteroatoms. The first-order chi connectivity index (χ1) is 17.4. The third-order valence-electron chi connectivity index (χ3n) is 6.61. The maximum absolute atomic E-state index is 13.7. The minimum absolute atomic E-state index is 0.0168. The van der Waals surface area contributed by atoms with Gasteiger partial charge in [-0.3, -0.25) is 14.7 Å². The number of ether oxygens (including phenoxy) is 2. The molecule has 0 fully saturated rings. The molecule has 1 aliphatic rings. The van der Waals surface area contributed by atoms with E-state index in [4.69, 9.17) is 9.47 Å². The number of likely N-dealkylation sites (N-methyl/N-ethyl adjacent to an activating group) is 1. The Hall–Kier alpha value is -3.49. The van der Waals surface area contributed by atoms with E-state index in [1.165, 1.54) is 0 Å². The lowest BCUT2D eigenvalue weighted by molar-refractivity contribution is 0.0325. The molecule has 8 nitrogen and oxygen atoms in total. The lowest BCUT2D eigenvalue weighted by atomic mass is 9.99. The van der Waals surface area contributed by atoms with Gasteiger partial charge >= 0.3 is 0 Å². The van der Waals surface area contributed by atoms with Crippen LogP contribution in [0.2, 0.25) is 0 Å². The second-order valence-electron chi connectivity index (χ2n) is 9.46. The predicted molar refractivity (Wildman–Crippen MR) is 138 cm³/mol. The van der Waals surface area contributed by atoms with Crippen molar-refractivity contribution in [2.45, 2.75) is 32.5 Å². The molecule has 0 unspecified atom stereocenters. The van der Waals surface area contributed by atoms with Gasteiger partial charge in [-0.05, 0) is 37.7 Å². The minimum atomic E-state index is -0.338. The highest BCUT2D eigenvalue weighted by Gasteiger charge is 2.34. The number of pyridine rings is 2. The van der Waals surface area contributed by atoms with Crippen LogP contribution < -0.4 is 9.47 Å². The summed E-state index contributed by atoms with van der Waals surface area (Å²) in [6.45, 7) is 5.63. The Labute approximate surface area is 212 Å². The summed E-state index contributed by atoms with van der Waals surface area (Å²) >= 11 is 0. The van der Waals surface area contributed by atoms with Crippen LogP contribution in [0.1, 0.15) is 29.8 Å². The number of fused-ring (bicyclic) bond motifs is 1. The van der Waals surface area contributed by atoms with Crippen LogP contribution >= 0.6 is 0 Å². The largest absolute Gasteiger partial charge is 0.496 e. The second-order valence-corrected chi connectivity index (χ2v) is 9.46. The van der Waals surface area contributed by atoms with E-state index in [1.54, 1.807) is 24.4 Å². The normalized spacial score (nSPS) is 18.7. The molecule has 1 N–H and O–H groups in total. The highest BCUT2D eigenvalue weighted by Crippen LogP contribution is 2.34. The lowest BCUT2D eigenvalue weighted by Crippen LogP contribution is -2.49. The van der Waals surface area contributed by atoms with Crippen molar-refractivity contribution in [3.8, 4) is 22.8 Å². The minimum Gasteiger partial charge on any atom is -0.496 e. The fourth-order valence-corrected chi connectivity index (χ4v) is 4.53. The number of hydrogen-bond donors (Lipinski definition) is 1. The Kier molecular flexibility index (Phi) is 8.18. The number of amides is 1. The van der Waals surface area contributed by atoms with Crippen LogP contribution in [-0.4, -0.2) is 76.8 Å². The Morgan fingerprint density at radius 3 is 2.75 bits per heavy atom. The lowest BCUT2D eigenvalue weighted by Gasteiger charge is -2.37. The molecule has 36 heavy (non-hydrogen) atoms. The first kappa shape index (κ1) is 25.6. The molecule has 1 amide bonds. The quantitative estimate of drug-likeness (QED) is 0.517. The zero-order chi connectivity index (χ0) is 25.7. The standard InChI is InChI=1S/C28H34N4O4/c1-19-15-32(20(2)18-33)28(34)24-12-22(23-9-5-6-10-25(23)35-4)14-30-27(24)36-26(19)17-31(3)16-21-8-7-11-29-13-21/h5-14,19-20,26,33H,15-18H2,1-4H3/t19-,20-,26-/m0/s1. The monoisotopic (exact) mass is 490 g/mol. The van der Waals surface area contributed by atoms with Crippen LogP contribution in [0.3, 0.4) is 0 Å². The van der Waals surface area contributed by atoms with E-state index in [2.05, 4.69) is 21.8 Å². The smallest absolute Gasteiger partial charge is 0.259 e. The third-order valence-corrected chi connectivity index (χ3v) is 6.61. The average Bonchev–Trinajstić information content (AvgIpc) is 2.90. The van der Waals surface area contributed by atoms with Crippen molar-refractivity contribution < 1.29 is 19.4 Å².